The lowest BCUT2D eigenvalue weighted by molar-refractivity contribution is 0.876. The standard InChI is InChI=1S/C14H16ClN3/c1-18(10-12-5-2-3-7-13(12)15)14-11(9-16)6-4-8-17-14/h2-8H,9-10,16H2,1H3. The van der Waals surface area contributed by atoms with Gasteiger partial charge in [-0.25, -0.2) is 4.98 Å². The zero-order valence-corrected chi connectivity index (χ0v) is 11.1. The molecule has 0 bridgehead atoms. The number of pyridine rings is 1. The molecule has 0 unspecified atom stereocenters. The van der Waals surface area contributed by atoms with E-state index in [2.05, 4.69) is 9.88 Å². The molecule has 0 aliphatic rings. The Morgan fingerprint density at radius 3 is 2.61 bits per heavy atom. The van der Waals surface area contributed by atoms with Crippen LogP contribution in [0.3, 0.4) is 0 Å². The predicted molar refractivity (Wildman–Crippen MR) is 75.7 cm³/mol. The number of anilines is 1. The van der Waals surface area contributed by atoms with Crippen LogP contribution in [0.5, 0.6) is 0 Å². The Bertz CT molecular complexity index is 528. The molecule has 4 heteroatoms. The summed E-state index contributed by atoms with van der Waals surface area (Å²) in [6.45, 7) is 1.19. The van der Waals surface area contributed by atoms with Crippen LogP contribution in [0.1, 0.15) is 11.1 Å². The van der Waals surface area contributed by atoms with E-state index in [0.717, 1.165) is 22.0 Å². The average Bonchev–Trinajstić information content (AvgIpc) is 2.41. The van der Waals surface area contributed by atoms with Gasteiger partial charge in [0.15, 0.2) is 0 Å². The summed E-state index contributed by atoms with van der Waals surface area (Å²) in [6, 6.07) is 11.7. The molecular formula is C14H16ClN3. The summed E-state index contributed by atoms with van der Waals surface area (Å²) in [5, 5.41) is 0.773. The molecule has 0 amide bonds. The van der Waals surface area contributed by atoms with Gasteiger partial charge in [-0.2, -0.15) is 0 Å². The number of halogens is 1. The molecule has 0 saturated heterocycles. The molecule has 2 N–H and O–H groups in total. The van der Waals surface area contributed by atoms with E-state index in [0.29, 0.717) is 13.1 Å². The number of aromatic nitrogens is 1. The third kappa shape index (κ3) is 2.81. The second-order valence-corrected chi connectivity index (χ2v) is 4.54. The Balaban J connectivity index is 2.22. The highest BCUT2D eigenvalue weighted by Gasteiger charge is 2.09. The second kappa shape index (κ2) is 5.85. The van der Waals surface area contributed by atoms with Gasteiger partial charge in [0.1, 0.15) is 5.82 Å². The molecule has 0 radical (unpaired) electrons. The van der Waals surface area contributed by atoms with Gasteiger partial charge in [0, 0.05) is 36.9 Å². The molecule has 0 saturated carbocycles. The van der Waals surface area contributed by atoms with Crippen molar-refractivity contribution in [2.45, 2.75) is 13.1 Å². The zero-order chi connectivity index (χ0) is 13.0. The molecule has 2 aromatic rings. The van der Waals surface area contributed by atoms with Crippen molar-refractivity contribution in [3.8, 4) is 0 Å². The number of hydrogen-bond acceptors (Lipinski definition) is 3. The Hall–Kier alpha value is -1.58. The van der Waals surface area contributed by atoms with Crippen LogP contribution in [0.2, 0.25) is 5.02 Å². The van der Waals surface area contributed by atoms with Gasteiger partial charge in [-0.05, 0) is 17.7 Å². The predicted octanol–water partition coefficient (Wildman–Crippen LogP) is 2.83. The van der Waals surface area contributed by atoms with E-state index in [4.69, 9.17) is 17.3 Å². The Labute approximate surface area is 112 Å². The molecular weight excluding hydrogens is 246 g/mol. The average molecular weight is 262 g/mol. The lowest BCUT2D eigenvalue weighted by atomic mass is 10.2. The number of nitrogens with two attached hydrogens (primary N) is 1. The first-order valence-corrected chi connectivity index (χ1v) is 6.18. The van der Waals surface area contributed by atoms with Crippen molar-refractivity contribution < 1.29 is 0 Å². The van der Waals surface area contributed by atoms with Crippen LogP contribution in [0, 0.1) is 0 Å². The van der Waals surface area contributed by atoms with E-state index < -0.39 is 0 Å². The SMILES string of the molecule is CN(Cc1ccccc1Cl)c1ncccc1CN. The van der Waals surface area contributed by atoms with Crippen LogP contribution in [-0.4, -0.2) is 12.0 Å². The Morgan fingerprint density at radius 2 is 1.89 bits per heavy atom. The van der Waals surface area contributed by atoms with Crippen LogP contribution in [-0.2, 0) is 13.1 Å². The Kier molecular flexibility index (Phi) is 4.18. The van der Waals surface area contributed by atoms with Crippen molar-refractivity contribution in [2.75, 3.05) is 11.9 Å². The van der Waals surface area contributed by atoms with Gasteiger partial charge in [0.05, 0.1) is 0 Å². The highest BCUT2D eigenvalue weighted by Crippen LogP contribution is 2.21. The second-order valence-electron chi connectivity index (χ2n) is 4.14. The van der Waals surface area contributed by atoms with E-state index in [1.54, 1.807) is 6.20 Å². The van der Waals surface area contributed by atoms with E-state index in [9.17, 15) is 0 Å². The summed E-state index contributed by atoms with van der Waals surface area (Å²) in [6.07, 6.45) is 1.78. The number of nitrogens with zero attached hydrogens (tertiary/aromatic N) is 2. The lowest BCUT2D eigenvalue weighted by Gasteiger charge is -2.21. The van der Waals surface area contributed by atoms with E-state index in [1.165, 1.54) is 0 Å². The molecule has 1 heterocycles. The van der Waals surface area contributed by atoms with Crippen molar-refractivity contribution in [1.82, 2.24) is 4.98 Å². The summed E-state index contributed by atoms with van der Waals surface area (Å²) >= 11 is 6.16. The van der Waals surface area contributed by atoms with Crippen molar-refractivity contribution in [1.29, 1.82) is 0 Å². The normalized spacial score (nSPS) is 10.4. The first-order chi connectivity index (χ1) is 8.72. The van der Waals surface area contributed by atoms with Gasteiger partial charge in [-0.3, -0.25) is 0 Å². The summed E-state index contributed by atoms with van der Waals surface area (Å²) in [5.41, 5.74) is 7.83. The maximum atomic E-state index is 6.16. The maximum Gasteiger partial charge on any atom is 0.133 e. The van der Waals surface area contributed by atoms with Crippen LogP contribution in [0.15, 0.2) is 42.6 Å². The van der Waals surface area contributed by atoms with Gasteiger partial charge in [-0.15, -0.1) is 0 Å². The molecule has 94 valence electrons. The van der Waals surface area contributed by atoms with E-state index in [1.807, 2.05) is 43.4 Å². The van der Waals surface area contributed by atoms with Crippen molar-refractivity contribution >= 4 is 17.4 Å². The molecule has 0 fully saturated rings. The van der Waals surface area contributed by atoms with Gasteiger partial charge < -0.3 is 10.6 Å². The van der Waals surface area contributed by atoms with Crippen molar-refractivity contribution in [2.24, 2.45) is 5.73 Å². The molecule has 18 heavy (non-hydrogen) atoms. The minimum absolute atomic E-state index is 0.482. The number of benzene rings is 1. The Morgan fingerprint density at radius 1 is 1.17 bits per heavy atom. The topological polar surface area (TPSA) is 42.2 Å². The van der Waals surface area contributed by atoms with Gasteiger partial charge in [-0.1, -0.05) is 35.9 Å². The highest BCUT2D eigenvalue weighted by atomic mass is 35.5. The monoisotopic (exact) mass is 261 g/mol. The molecule has 1 aromatic carbocycles. The van der Waals surface area contributed by atoms with Crippen LogP contribution in [0.25, 0.3) is 0 Å². The fourth-order valence-electron chi connectivity index (χ4n) is 1.89. The minimum Gasteiger partial charge on any atom is -0.355 e. The smallest absolute Gasteiger partial charge is 0.133 e. The third-order valence-electron chi connectivity index (χ3n) is 2.81. The summed E-state index contributed by atoms with van der Waals surface area (Å²) in [5.74, 6) is 0.903. The summed E-state index contributed by atoms with van der Waals surface area (Å²) < 4.78 is 0. The summed E-state index contributed by atoms with van der Waals surface area (Å²) in [7, 11) is 1.99. The number of rotatable bonds is 4. The molecule has 3 nitrogen and oxygen atoms in total. The molecule has 2 rings (SSSR count). The fraction of sp³-hybridized carbons (Fsp3) is 0.214. The third-order valence-corrected chi connectivity index (χ3v) is 3.18. The molecule has 0 aliphatic heterocycles. The first-order valence-electron chi connectivity index (χ1n) is 5.81. The first kappa shape index (κ1) is 12.9. The van der Waals surface area contributed by atoms with Crippen LogP contribution >= 0.6 is 11.6 Å². The fourth-order valence-corrected chi connectivity index (χ4v) is 2.09. The van der Waals surface area contributed by atoms with E-state index in [-0.39, 0.29) is 0 Å². The lowest BCUT2D eigenvalue weighted by Crippen LogP contribution is -2.20. The quantitative estimate of drug-likeness (QED) is 0.920. The van der Waals surface area contributed by atoms with Gasteiger partial charge in [0.2, 0.25) is 0 Å². The van der Waals surface area contributed by atoms with E-state index >= 15 is 0 Å². The highest BCUT2D eigenvalue weighted by molar-refractivity contribution is 6.31. The van der Waals surface area contributed by atoms with Gasteiger partial charge >= 0.3 is 0 Å². The largest absolute Gasteiger partial charge is 0.355 e. The van der Waals surface area contributed by atoms with Crippen molar-refractivity contribution in [3.05, 3.63) is 58.7 Å². The minimum atomic E-state index is 0.482. The van der Waals surface area contributed by atoms with Crippen LogP contribution < -0.4 is 10.6 Å². The molecule has 0 atom stereocenters. The zero-order valence-electron chi connectivity index (χ0n) is 10.3. The number of hydrogen-bond donors (Lipinski definition) is 1. The molecule has 0 aliphatic carbocycles. The van der Waals surface area contributed by atoms with Crippen molar-refractivity contribution in [3.63, 3.8) is 0 Å². The van der Waals surface area contributed by atoms with Gasteiger partial charge in [0.25, 0.3) is 0 Å². The maximum absolute atomic E-state index is 6.16. The molecule has 0 spiro atoms. The summed E-state index contributed by atoms with van der Waals surface area (Å²) in [4.78, 5) is 6.44. The molecule has 1 aromatic heterocycles. The van der Waals surface area contributed by atoms with Crippen LogP contribution in [0.4, 0.5) is 5.82 Å².